The molecule has 2 N–H and O–H groups in total. The fraction of sp³-hybridized carbons (Fsp3) is 1.00. The first kappa shape index (κ1) is 9.44. The van der Waals surface area contributed by atoms with Crippen LogP contribution in [-0.4, -0.2) is 43.8 Å². The molecule has 3 nitrogen and oxygen atoms in total. The Morgan fingerprint density at radius 3 is 2.85 bits per heavy atom. The second kappa shape index (κ2) is 4.40. The summed E-state index contributed by atoms with van der Waals surface area (Å²) in [6.45, 7) is 4.97. The molecular weight excluding hydrogens is 164 g/mol. The maximum absolute atomic E-state index is 5.59. The molecule has 2 aliphatic rings. The van der Waals surface area contributed by atoms with Crippen LogP contribution in [0.5, 0.6) is 0 Å². The summed E-state index contributed by atoms with van der Waals surface area (Å²) in [6.07, 6.45) is 4.60. The van der Waals surface area contributed by atoms with Gasteiger partial charge in [0.1, 0.15) is 0 Å². The highest BCUT2D eigenvalue weighted by Crippen LogP contribution is 2.27. The maximum atomic E-state index is 5.59. The molecule has 0 aromatic rings. The highest BCUT2D eigenvalue weighted by atomic mass is 16.5. The SMILES string of the molecule is NCC1CN(CC2CCC2)CCO1. The van der Waals surface area contributed by atoms with Gasteiger partial charge in [-0.2, -0.15) is 0 Å². The molecule has 1 atom stereocenters. The molecule has 1 aliphatic heterocycles. The molecule has 2 rings (SSSR count). The molecule has 1 saturated carbocycles. The van der Waals surface area contributed by atoms with Crippen LogP contribution in [-0.2, 0) is 4.74 Å². The minimum absolute atomic E-state index is 0.286. The minimum atomic E-state index is 0.286. The molecule has 1 saturated heterocycles. The second-order valence-corrected chi connectivity index (χ2v) is 4.29. The molecule has 1 unspecified atom stereocenters. The third-order valence-corrected chi connectivity index (χ3v) is 3.23. The zero-order chi connectivity index (χ0) is 9.10. The summed E-state index contributed by atoms with van der Waals surface area (Å²) in [5.41, 5.74) is 5.59. The Balaban J connectivity index is 1.71. The van der Waals surface area contributed by atoms with Crippen LogP contribution in [0.1, 0.15) is 19.3 Å². The number of hydrogen-bond donors (Lipinski definition) is 1. The van der Waals surface area contributed by atoms with Gasteiger partial charge in [0.25, 0.3) is 0 Å². The van der Waals surface area contributed by atoms with Gasteiger partial charge in [0.15, 0.2) is 0 Å². The van der Waals surface area contributed by atoms with Gasteiger partial charge < -0.3 is 10.5 Å². The summed E-state index contributed by atoms with van der Waals surface area (Å²) < 4.78 is 5.52. The Kier molecular flexibility index (Phi) is 3.19. The van der Waals surface area contributed by atoms with Crippen molar-refractivity contribution >= 4 is 0 Å². The quantitative estimate of drug-likeness (QED) is 0.692. The van der Waals surface area contributed by atoms with Crippen molar-refractivity contribution in [3.63, 3.8) is 0 Å². The highest BCUT2D eigenvalue weighted by Gasteiger charge is 2.24. The van der Waals surface area contributed by atoms with Crippen molar-refractivity contribution in [2.45, 2.75) is 25.4 Å². The van der Waals surface area contributed by atoms with Crippen molar-refractivity contribution < 1.29 is 4.74 Å². The summed E-state index contributed by atoms with van der Waals surface area (Å²) in [6, 6.07) is 0. The van der Waals surface area contributed by atoms with Crippen molar-refractivity contribution in [3.05, 3.63) is 0 Å². The number of rotatable bonds is 3. The van der Waals surface area contributed by atoms with Crippen LogP contribution in [0.25, 0.3) is 0 Å². The molecule has 0 bridgehead atoms. The highest BCUT2D eigenvalue weighted by molar-refractivity contribution is 4.78. The molecule has 2 fully saturated rings. The van der Waals surface area contributed by atoms with Gasteiger partial charge in [0, 0.05) is 26.2 Å². The normalized spacial score (nSPS) is 31.6. The van der Waals surface area contributed by atoms with Gasteiger partial charge in [-0.25, -0.2) is 0 Å². The van der Waals surface area contributed by atoms with E-state index < -0.39 is 0 Å². The average Bonchev–Trinajstić information content (AvgIpc) is 2.12. The Labute approximate surface area is 80.2 Å². The first-order valence-electron chi connectivity index (χ1n) is 5.42. The molecule has 76 valence electrons. The number of morpholine rings is 1. The van der Waals surface area contributed by atoms with Crippen LogP contribution in [0.2, 0.25) is 0 Å². The Hall–Kier alpha value is -0.120. The first-order chi connectivity index (χ1) is 6.38. The molecule has 0 amide bonds. The summed E-state index contributed by atoms with van der Waals surface area (Å²) >= 11 is 0. The van der Waals surface area contributed by atoms with Crippen molar-refractivity contribution in [3.8, 4) is 0 Å². The number of hydrogen-bond acceptors (Lipinski definition) is 3. The summed E-state index contributed by atoms with van der Waals surface area (Å²) in [5.74, 6) is 0.969. The molecular formula is C10H20N2O. The van der Waals surface area contributed by atoms with E-state index in [-0.39, 0.29) is 6.10 Å². The lowest BCUT2D eigenvalue weighted by atomic mass is 9.85. The zero-order valence-corrected chi connectivity index (χ0v) is 8.24. The van der Waals surface area contributed by atoms with Crippen LogP contribution in [0, 0.1) is 5.92 Å². The summed E-state index contributed by atoms with van der Waals surface area (Å²) in [4.78, 5) is 2.52. The number of nitrogens with zero attached hydrogens (tertiary/aromatic N) is 1. The van der Waals surface area contributed by atoms with E-state index >= 15 is 0 Å². The van der Waals surface area contributed by atoms with Crippen molar-refractivity contribution in [1.29, 1.82) is 0 Å². The van der Waals surface area contributed by atoms with E-state index in [2.05, 4.69) is 4.90 Å². The van der Waals surface area contributed by atoms with Crippen molar-refractivity contribution in [2.24, 2.45) is 11.7 Å². The van der Waals surface area contributed by atoms with Crippen LogP contribution >= 0.6 is 0 Å². The molecule has 1 aliphatic carbocycles. The predicted octanol–water partition coefficient (Wildman–Crippen LogP) is 0.446. The minimum Gasteiger partial charge on any atom is -0.374 e. The Morgan fingerprint density at radius 2 is 2.23 bits per heavy atom. The Morgan fingerprint density at radius 1 is 1.38 bits per heavy atom. The van der Waals surface area contributed by atoms with Gasteiger partial charge in [-0.1, -0.05) is 6.42 Å². The van der Waals surface area contributed by atoms with Gasteiger partial charge in [0.05, 0.1) is 12.7 Å². The van der Waals surface area contributed by atoms with Crippen LogP contribution in [0.4, 0.5) is 0 Å². The van der Waals surface area contributed by atoms with E-state index in [0.29, 0.717) is 6.54 Å². The van der Waals surface area contributed by atoms with Crippen LogP contribution in [0.3, 0.4) is 0 Å². The van der Waals surface area contributed by atoms with E-state index in [1.165, 1.54) is 25.8 Å². The predicted molar refractivity (Wildman–Crippen MR) is 52.6 cm³/mol. The van der Waals surface area contributed by atoms with Crippen LogP contribution in [0.15, 0.2) is 0 Å². The van der Waals surface area contributed by atoms with E-state index in [9.17, 15) is 0 Å². The smallest absolute Gasteiger partial charge is 0.0824 e. The number of nitrogens with two attached hydrogens (primary N) is 1. The summed E-state index contributed by atoms with van der Waals surface area (Å²) in [7, 11) is 0. The van der Waals surface area contributed by atoms with Crippen molar-refractivity contribution in [2.75, 3.05) is 32.8 Å². The lowest BCUT2D eigenvalue weighted by molar-refractivity contribution is -0.0314. The zero-order valence-electron chi connectivity index (χ0n) is 8.24. The lowest BCUT2D eigenvalue weighted by Crippen LogP contribution is -2.47. The standard InChI is InChI=1S/C10H20N2O/c11-6-10-8-12(4-5-13-10)7-9-2-1-3-9/h9-10H,1-8,11H2. The molecule has 13 heavy (non-hydrogen) atoms. The fourth-order valence-corrected chi connectivity index (χ4v) is 2.13. The second-order valence-electron chi connectivity index (χ2n) is 4.29. The molecule has 0 aromatic carbocycles. The topological polar surface area (TPSA) is 38.5 Å². The number of ether oxygens (including phenoxy) is 1. The lowest BCUT2D eigenvalue weighted by Gasteiger charge is -2.37. The van der Waals surface area contributed by atoms with E-state index in [1.54, 1.807) is 0 Å². The maximum Gasteiger partial charge on any atom is 0.0824 e. The van der Waals surface area contributed by atoms with E-state index in [1.807, 2.05) is 0 Å². The van der Waals surface area contributed by atoms with Crippen LogP contribution < -0.4 is 5.73 Å². The molecule has 3 heteroatoms. The van der Waals surface area contributed by atoms with E-state index in [0.717, 1.165) is 25.6 Å². The van der Waals surface area contributed by atoms with Gasteiger partial charge >= 0.3 is 0 Å². The third-order valence-electron chi connectivity index (χ3n) is 3.23. The fourth-order valence-electron chi connectivity index (χ4n) is 2.13. The molecule has 0 aromatic heterocycles. The largest absolute Gasteiger partial charge is 0.374 e. The Bertz CT molecular complexity index is 157. The first-order valence-corrected chi connectivity index (χ1v) is 5.42. The molecule has 0 spiro atoms. The van der Waals surface area contributed by atoms with E-state index in [4.69, 9.17) is 10.5 Å². The summed E-state index contributed by atoms with van der Waals surface area (Å²) in [5, 5.41) is 0. The van der Waals surface area contributed by atoms with Gasteiger partial charge in [-0.3, -0.25) is 4.90 Å². The molecule has 1 heterocycles. The third kappa shape index (κ3) is 2.42. The molecule has 0 radical (unpaired) electrons. The van der Waals surface area contributed by atoms with Crippen molar-refractivity contribution in [1.82, 2.24) is 4.90 Å². The van der Waals surface area contributed by atoms with Gasteiger partial charge in [-0.05, 0) is 18.8 Å². The monoisotopic (exact) mass is 184 g/mol. The van der Waals surface area contributed by atoms with Gasteiger partial charge in [-0.15, -0.1) is 0 Å². The average molecular weight is 184 g/mol. The van der Waals surface area contributed by atoms with Gasteiger partial charge in [0.2, 0.25) is 0 Å².